The molecule has 3 rings (SSSR count). The number of nitrogens with zero attached hydrogens (tertiary/aromatic N) is 1. The van der Waals surface area contributed by atoms with Crippen LogP contribution in [-0.2, 0) is 14.3 Å². The average Bonchev–Trinajstić information content (AvgIpc) is 3.11. The van der Waals surface area contributed by atoms with Crippen LogP contribution in [-0.4, -0.2) is 62.3 Å². The highest BCUT2D eigenvalue weighted by molar-refractivity contribution is 6.46. The lowest BCUT2D eigenvalue weighted by atomic mass is 9.95. The fourth-order valence-corrected chi connectivity index (χ4v) is 3.78. The summed E-state index contributed by atoms with van der Waals surface area (Å²) in [6.45, 7) is 6.59. The van der Waals surface area contributed by atoms with Crippen molar-refractivity contribution in [2.24, 2.45) is 0 Å². The number of ketones is 1. The standard InChI is InChI=1S/C26H29NO7/c1-5-14-34-20-12-9-18(16-21(20)33-6-2)23-22(25(29)26(30)27(23)13-15-31-3)24(28)17-7-10-19(32-4)11-8-17/h5,7-12,16,23,28H,1,6,13-15H2,2-4H3. The molecule has 8 heteroatoms. The van der Waals surface area contributed by atoms with Gasteiger partial charge in [0.25, 0.3) is 11.7 Å². The molecular weight excluding hydrogens is 438 g/mol. The predicted octanol–water partition coefficient (Wildman–Crippen LogP) is 3.73. The van der Waals surface area contributed by atoms with Crippen LogP contribution in [0.4, 0.5) is 0 Å². The number of ether oxygens (including phenoxy) is 4. The number of benzene rings is 2. The van der Waals surface area contributed by atoms with E-state index >= 15 is 0 Å². The summed E-state index contributed by atoms with van der Waals surface area (Å²) in [5.41, 5.74) is 0.986. The first-order chi connectivity index (χ1) is 16.5. The maximum atomic E-state index is 13.1. The van der Waals surface area contributed by atoms with E-state index in [-0.39, 0.29) is 24.5 Å². The molecule has 0 spiro atoms. The molecule has 0 aromatic heterocycles. The molecule has 1 aliphatic heterocycles. The van der Waals surface area contributed by atoms with Gasteiger partial charge in [-0.3, -0.25) is 9.59 Å². The van der Waals surface area contributed by atoms with Crippen molar-refractivity contribution >= 4 is 17.4 Å². The van der Waals surface area contributed by atoms with Crippen LogP contribution in [0.25, 0.3) is 5.76 Å². The summed E-state index contributed by atoms with van der Waals surface area (Å²) >= 11 is 0. The summed E-state index contributed by atoms with van der Waals surface area (Å²) in [5, 5.41) is 11.1. The largest absolute Gasteiger partial charge is 0.507 e. The number of amides is 1. The normalized spacial score (nSPS) is 17.0. The van der Waals surface area contributed by atoms with Crippen LogP contribution >= 0.6 is 0 Å². The topological polar surface area (TPSA) is 94.5 Å². The highest BCUT2D eigenvalue weighted by Crippen LogP contribution is 2.42. The van der Waals surface area contributed by atoms with Gasteiger partial charge in [-0.25, -0.2) is 0 Å². The number of rotatable bonds is 11. The molecule has 1 N–H and O–H groups in total. The SMILES string of the molecule is C=CCOc1ccc(C2C(=C(O)c3ccc(OC)cc3)C(=O)C(=O)N2CCOC)cc1OCC. The minimum Gasteiger partial charge on any atom is -0.507 e. The van der Waals surface area contributed by atoms with Crippen molar-refractivity contribution in [3.8, 4) is 17.2 Å². The Morgan fingerprint density at radius 3 is 2.44 bits per heavy atom. The van der Waals surface area contributed by atoms with Crippen molar-refractivity contribution in [1.29, 1.82) is 0 Å². The first kappa shape index (κ1) is 24.9. The minimum atomic E-state index is -0.829. The Labute approximate surface area is 199 Å². The molecule has 2 aromatic rings. The Bertz CT molecular complexity index is 1080. The van der Waals surface area contributed by atoms with Crippen molar-refractivity contribution in [2.45, 2.75) is 13.0 Å². The van der Waals surface area contributed by atoms with Crippen LogP contribution in [0.3, 0.4) is 0 Å². The molecule has 1 saturated heterocycles. The second-order valence-electron chi connectivity index (χ2n) is 7.45. The van der Waals surface area contributed by atoms with Gasteiger partial charge in [-0.1, -0.05) is 18.7 Å². The third-order valence-electron chi connectivity index (χ3n) is 5.38. The fraction of sp³-hybridized carbons (Fsp3) is 0.308. The maximum absolute atomic E-state index is 13.1. The predicted molar refractivity (Wildman–Crippen MR) is 127 cm³/mol. The summed E-state index contributed by atoms with van der Waals surface area (Å²) in [4.78, 5) is 27.4. The molecule has 0 radical (unpaired) electrons. The molecule has 0 bridgehead atoms. The number of Topliss-reactive ketones (excluding diaryl/α,β-unsaturated/α-hetero) is 1. The number of aliphatic hydroxyl groups excluding tert-OH is 1. The Balaban J connectivity index is 2.14. The van der Waals surface area contributed by atoms with Crippen LogP contribution in [0.2, 0.25) is 0 Å². The van der Waals surface area contributed by atoms with Gasteiger partial charge in [0.2, 0.25) is 0 Å². The first-order valence-corrected chi connectivity index (χ1v) is 10.9. The monoisotopic (exact) mass is 467 g/mol. The van der Waals surface area contributed by atoms with Gasteiger partial charge in [0.1, 0.15) is 18.1 Å². The van der Waals surface area contributed by atoms with E-state index in [1.54, 1.807) is 48.5 Å². The zero-order valence-electron chi connectivity index (χ0n) is 19.6. The van der Waals surface area contributed by atoms with Gasteiger partial charge >= 0.3 is 0 Å². The fourth-order valence-electron chi connectivity index (χ4n) is 3.78. The average molecular weight is 468 g/mol. The molecule has 1 unspecified atom stereocenters. The highest BCUT2D eigenvalue weighted by atomic mass is 16.5. The molecule has 1 atom stereocenters. The van der Waals surface area contributed by atoms with Crippen molar-refractivity contribution in [1.82, 2.24) is 4.90 Å². The number of carbonyl (C=O) groups is 2. The molecule has 1 aliphatic rings. The van der Waals surface area contributed by atoms with Gasteiger partial charge < -0.3 is 29.0 Å². The van der Waals surface area contributed by atoms with Gasteiger partial charge in [-0.05, 0) is 48.9 Å². The number of methoxy groups -OCH3 is 2. The lowest BCUT2D eigenvalue weighted by molar-refractivity contribution is -0.140. The smallest absolute Gasteiger partial charge is 0.295 e. The van der Waals surface area contributed by atoms with Gasteiger partial charge in [0, 0.05) is 19.2 Å². The van der Waals surface area contributed by atoms with Gasteiger partial charge in [-0.2, -0.15) is 0 Å². The summed E-state index contributed by atoms with van der Waals surface area (Å²) in [5.74, 6) is -0.166. The third-order valence-corrected chi connectivity index (χ3v) is 5.38. The van der Waals surface area contributed by atoms with E-state index < -0.39 is 17.7 Å². The van der Waals surface area contributed by atoms with Crippen LogP contribution in [0.5, 0.6) is 17.2 Å². The molecule has 0 saturated carbocycles. The number of likely N-dealkylation sites (tertiary alicyclic amines) is 1. The van der Waals surface area contributed by atoms with Crippen LogP contribution < -0.4 is 14.2 Å². The van der Waals surface area contributed by atoms with Crippen molar-refractivity contribution < 1.29 is 33.6 Å². The summed E-state index contributed by atoms with van der Waals surface area (Å²) in [7, 11) is 3.05. The molecule has 1 amide bonds. The van der Waals surface area contributed by atoms with Crippen LogP contribution in [0.1, 0.15) is 24.1 Å². The molecule has 1 heterocycles. The van der Waals surface area contributed by atoms with Crippen molar-refractivity contribution in [3.63, 3.8) is 0 Å². The summed E-state index contributed by atoms with van der Waals surface area (Å²) in [6, 6.07) is 11.0. The van der Waals surface area contributed by atoms with Crippen LogP contribution in [0.15, 0.2) is 60.7 Å². The first-order valence-electron chi connectivity index (χ1n) is 10.9. The van der Waals surface area contributed by atoms with E-state index in [1.165, 1.54) is 19.1 Å². The number of carbonyl (C=O) groups excluding carboxylic acids is 2. The van der Waals surface area contributed by atoms with Crippen molar-refractivity contribution in [3.05, 3.63) is 71.8 Å². The Morgan fingerprint density at radius 2 is 1.82 bits per heavy atom. The minimum absolute atomic E-state index is 0.00604. The third kappa shape index (κ3) is 5.07. The molecule has 180 valence electrons. The number of aliphatic hydroxyl groups is 1. The maximum Gasteiger partial charge on any atom is 0.295 e. The Hall–Kier alpha value is -3.78. The van der Waals surface area contributed by atoms with E-state index in [0.29, 0.717) is 41.6 Å². The lowest BCUT2D eigenvalue weighted by Crippen LogP contribution is -2.32. The van der Waals surface area contributed by atoms with E-state index in [4.69, 9.17) is 18.9 Å². The zero-order valence-corrected chi connectivity index (χ0v) is 19.6. The quantitative estimate of drug-likeness (QED) is 0.233. The van der Waals surface area contributed by atoms with E-state index in [2.05, 4.69) is 6.58 Å². The van der Waals surface area contributed by atoms with Gasteiger partial charge in [0.05, 0.1) is 31.9 Å². The lowest BCUT2D eigenvalue weighted by Gasteiger charge is -2.26. The van der Waals surface area contributed by atoms with Crippen LogP contribution in [0, 0.1) is 0 Å². The molecule has 34 heavy (non-hydrogen) atoms. The number of hydrogen-bond donors (Lipinski definition) is 1. The van der Waals surface area contributed by atoms with E-state index in [1.807, 2.05) is 6.92 Å². The molecule has 2 aromatic carbocycles. The second kappa shape index (κ2) is 11.4. The molecule has 8 nitrogen and oxygen atoms in total. The van der Waals surface area contributed by atoms with Gasteiger partial charge in [-0.15, -0.1) is 0 Å². The molecular formula is C26H29NO7. The van der Waals surface area contributed by atoms with E-state index in [0.717, 1.165) is 0 Å². The Morgan fingerprint density at radius 1 is 1.09 bits per heavy atom. The highest BCUT2D eigenvalue weighted by Gasteiger charge is 2.46. The van der Waals surface area contributed by atoms with Crippen molar-refractivity contribution in [2.75, 3.05) is 40.6 Å². The molecule has 1 fully saturated rings. The summed E-state index contributed by atoms with van der Waals surface area (Å²) < 4.78 is 21.7. The Kier molecular flexibility index (Phi) is 8.32. The van der Waals surface area contributed by atoms with E-state index in [9.17, 15) is 14.7 Å². The number of hydrogen-bond acceptors (Lipinski definition) is 7. The molecule has 0 aliphatic carbocycles. The second-order valence-corrected chi connectivity index (χ2v) is 7.45. The van der Waals surface area contributed by atoms with Gasteiger partial charge in [0.15, 0.2) is 11.5 Å². The summed E-state index contributed by atoms with van der Waals surface area (Å²) in [6.07, 6.45) is 1.62. The zero-order chi connectivity index (χ0) is 24.7.